The minimum Gasteiger partial charge on any atom is -0.494 e. The number of amides is 1. The van der Waals surface area contributed by atoms with Gasteiger partial charge in [-0.1, -0.05) is 39.7 Å². The summed E-state index contributed by atoms with van der Waals surface area (Å²) in [6, 6.07) is 21.3. The van der Waals surface area contributed by atoms with Crippen molar-refractivity contribution in [3.8, 4) is 5.75 Å². The SMILES string of the molecule is COCCN(CCCOc1ccc(C2c3[nH]c4ccc(Br)cc4c3CC3C(=O)N(c4ccc(Cl)cc4)C(S)N32)cc1)CCOC. The van der Waals surface area contributed by atoms with E-state index >= 15 is 0 Å². The molecule has 1 saturated heterocycles. The summed E-state index contributed by atoms with van der Waals surface area (Å²) in [5.74, 6) is 0.845. The number of halogens is 2. The molecule has 6 rings (SSSR count). The van der Waals surface area contributed by atoms with Gasteiger partial charge in [0.2, 0.25) is 5.91 Å². The van der Waals surface area contributed by atoms with Crippen LogP contribution in [0.25, 0.3) is 10.9 Å². The number of nitrogens with one attached hydrogen (secondary N) is 1. The number of carbonyl (C=O) groups excluding carboxylic acids is 1. The lowest BCUT2D eigenvalue weighted by Gasteiger charge is -2.38. The van der Waals surface area contributed by atoms with Crippen LogP contribution in [0.5, 0.6) is 5.75 Å². The van der Waals surface area contributed by atoms with Crippen molar-refractivity contribution in [3.05, 3.63) is 93.0 Å². The standard InChI is InChI=1S/C34H38BrClN4O4S/c1-42-18-15-38(16-19-43-2)14-3-17-44-26-11-4-22(5-12-26)32-31-28(27-20-23(35)6-13-29(27)37-31)21-30-33(41)39(34(45)40(30)32)25-9-7-24(36)8-10-25/h4-13,20,30,32,34,37,45H,3,14-19,21H2,1-2H3. The summed E-state index contributed by atoms with van der Waals surface area (Å²) in [5.41, 5.74) is 4.68. The van der Waals surface area contributed by atoms with Crippen molar-refractivity contribution in [2.45, 2.75) is 30.4 Å². The van der Waals surface area contributed by atoms with E-state index in [1.165, 1.54) is 0 Å². The first-order valence-electron chi connectivity index (χ1n) is 15.2. The number of H-pyrrole nitrogens is 1. The van der Waals surface area contributed by atoms with E-state index in [-0.39, 0.29) is 18.0 Å². The van der Waals surface area contributed by atoms with Gasteiger partial charge in [-0.3, -0.25) is 14.6 Å². The molecule has 2 aliphatic heterocycles. The molecule has 11 heteroatoms. The Morgan fingerprint density at radius 2 is 1.69 bits per heavy atom. The molecule has 3 unspecified atom stereocenters. The molecule has 3 heterocycles. The minimum absolute atomic E-state index is 0.0299. The van der Waals surface area contributed by atoms with Crippen LogP contribution in [0.1, 0.15) is 29.3 Å². The van der Waals surface area contributed by atoms with Crippen molar-refractivity contribution in [2.75, 3.05) is 58.6 Å². The highest BCUT2D eigenvalue weighted by molar-refractivity contribution is 9.10. The smallest absolute Gasteiger partial charge is 0.246 e. The summed E-state index contributed by atoms with van der Waals surface area (Å²) in [6.45, 7) is 4.63. The number of ether oxygens (including phenoxy) is 3. The number of nitrogens with zero attached hydrogens (tertiary/aromatic N) is 3. The lowest BCUT2D eigenvalue weighted by atomic mass is 9.89. The molecule has 45 heavy (non-hydrogen) atoms. The lowest BCUT2D eigenvalue weighted by Crippen LogP contribution is -2.44. The third-order valence-electron chi connectivity index (χ3n) is 8.66. The van der Waals surface area contributed by atoms with Crippen molar-refractivity contribution in [2.24, 2.45) is 0 Å². The zero-order valence-corrected chi connectivity index (χ0v) is 28.7. The Morgan fingerprint density at radius 3 is 2.38 bits per heavy atom. The Bertz CT molecular complexity index is 1610. The number of benzene rings is 3. The van der Waals surface area contributed by atoms with Crippen LogP contribution in [0.4, 0.5) is 5.69 Å². The van der Waals surface area contributed by atoms with Crippen molar-refractivity contribution in [1.82, 2.24) is 14.8 Å². The van der Waals surface area contributed by atoms with Crippen molar-refractivity contribution < 1.29 is 19.0 Å². The van der Waals surface area contributed by atoms with Gasteiger partial charge in [0.25, 0.3) is 0 Å². The summed E-state index contributed by atoms with van der Waals surface area (Å²) < 4.78 is 17.7. The Kier molecular flexibility index (Phi) is 10.4. The summed E-state index contributed by atoms with van der Waals surface area (Å²) in [4.78, 5) is 24.1. The maximum Gasteiger partial charge on any atom is 0.246 e. The lowest BCUT2D eigenvalue weighted by molar-refractivity contribution is -0.120. The number of fused-ring (bicyclic) bond motifs is 4. The average Bonchev–Trinajstić information content (AvgIpc) is 3.53. The van der Waals surface area contributed by atoms with Crippen LogP contribution in [0.15, 0.2) is 71.2 Å². The zero-order valence-electron chi connectivity index (χ0n) is 25.4. The number of thiol groups is 1. The molecule has 1 fully saturated rings. The molecule has 238 valence electrons. The van der Waals surface area contributed by atoms with E-state index in [1.807, 2.05) is 42.5 Å². The van der Waals surface area contributed by atoms with E-state index in [1.54, 1.807) is 19.1 Å². The molecule has 0 spiro atoms. The highest BCUT2D eigenvalue weighted by atomic mass is 79.9. The molecule has 2 aliphatic rings. The van der Waals surface area contributed by atoms with Crippen LogP contribution in [0.3, 0.4) is 0 Å². The first kappa shape index (κ1) is 32.4. The van der Waals surface area contributed by atoms with Crippen LogP contribution >= 0.6 is 40.2 Å². The molecular weight excluding hydrogens is 676 g/mol. The van der Waals surface area contributed by atoms with Gasteiger partial charge in [-0.25, -0.2) is 4.90 Å². The maximum absolute atomic E-state index is 14.1. The molecule has 8 nitrogen and oxygen atoms in total. The fourth-order valence-corrected chi connectivity index (χ4v) is 7.47. The number of rotatable bonds is 13. The Balaban J connectivity index is 1.25. The first-order valence-corrected chi connectivity index (χ1v) is 16.9. The van der Waals surface area contributed by atoms with E-state index < -0.39 is 5.50 Å². The fourth-order valence-electron chi connectivity index (χ4n) is 6.44. The predicted octanol–water partition coefficient (Wildman–Crippen LogP) is 6.52. The highest BCUT2D eigenvalue weighted by Crippen LogP contribution is 2.47. The first-order chi connectivity index (χ1) is 21.9. The van der Waals surface area contributed by atoms with Gasteiger partial charge in [0.1, 0.15) is 11.2 Å². The number of anilines is 1. The molecule has 1 amide bonds. The number of aromatic amines is 1. The zero-order chi connectivity index (χ0) is 31.5. The van der Waals surface area contributed by atoms with E-state index in [9.17, 15) is 4.79 Å². The van der Waals surface area contributed by atoms with Crippen molar-refractivity contribution in [1.29, 1.82) is 0 Å². The molecule has 4 aromatic rings. The van der Waals surface area contributed by atoms with Gasteiger partial charge < -0.3 is 19.2 Å². The van der Waals surface area contributed by atoms with E-state index in [2.05, 4.69) is 55.0 Å². The summed E-state index contributed by atoms with van der Waals surface area (Å²) in [7, 11) is 3.45. The molecular formula is C34H38BrClN4O4S. The summed E-state index contributed by atoms with van der Waals surface area (Å²) in [5, 5.41) is 1.75. The molecule has 0 radical (unpaired) electrons. The maximum atomic E-state index is 14.1. The van der Waals surface area contributed by atoms with Crippen LogP contribution in [0.2, 0.25) is 5.02 Å². The molecule has 3 atom stereocenters. The quantitative estimate of drug-likeness (QED) is 0.122. The largest absolute Gasteiger partial charge is 0.494 e. The number of aromatic nitrogens is 1. The molecule has 1 N–H and O–H groups in total. The van der Waals surface area contributed by atoms with Crippen molar-refractivity contribution >= 4 is 62.7 Å². The van der Waals surface area contributed by atoms with Gasteiger partial charge in [-0.2, -0.15) is 0 Å². The molecule has 0 aliphatic carbocycles. The number of carbonyl (C=O) groups is 1. The van der Waals surface area contributed by atoms with Crippen LogP contribution < -0.4 is 9.64 Å². The second kappa shape index (κ2) is 14.5. The predicted molar refractivity (Wildman–Crippen MR) is 186 cm³/mol. The Morgan fingerprint density at radius 1 is 0.978 bits per heavy atom. The third kappa shape index (κ3) is 6.79. The van der Waals surface area contributed by atoms with Gasteiger partial charge in [-0.15, -0.1) is 12.6 Å². The second-order valence-corrected chi connectivity index (χ2v) is 13.2. The van der Waals surface area contributed by atoms with Gasteiger partial charge in [0.15, 0.2) is 0 Å². The third-order valence-corrected chi connectivity index (χ3v) is 9.90. The van der Waals surface area contributed by atoms with E-state index in [4.69, 9.17) is 38.4 Å². The summed E-state index contributed by atoms with van der Waals surface area (Å²) >= 11 is 14.9. The van der Waals surface area contributed by atoms with Crippen LogP contribution in [-0.2, 0) is 20.7 Å². The normalized spacial score (nSPS) is 19.8. The molecule has 0 saturated carbocycles. The van der Waals surface area contributed by atoms with Crippen molar-refractivity contribution in [3.63, 3.8) is 0 Å². The molecule has 3 aromatic carbocycles. The van der Waals surface area contributed by atoms with Gasteiger partial charge in [0, 0.05) is 65.6 Å². The summed E-state index contributed by atoms with van der Waals surface area (Å²) in [6.07, 6.45) is 1.49. The number of methoxy groups -OCH3 is 2. The second-order valence-electron chi connectivity index (χ2n) is 11.4. The fraction of sp³-hybridized carbons (Fsp3) is 0.382. The van der Waals surface area contributed by atoms with Crippen LogP contribution in [-0.4, -0.2) is 85.9 Å². The molecule has 1 aromatic heterocycles. The van der Waals surface area contributed by atoms with E-state index in [0.717, 1.165) is 69.7 Å². The minimum atomic E-state index is -0.463. The van der Waals surface area contributed by atoms with E-state index in [0.29, 0.717) is 31.3 Å². The molecule has 0 bridgehead atoms. The number of hydrogen-bond acceptors (Lipinski definition) is 7. The van der Waals surface area contributed by atoms with Gasteiger partial charge in [-0.05, 0) is 78.6 Å². The van der Waals surface area contributed by atoms with Crippen LogP contribution in [0, 0.1) is 0 Å². The monoisotopic (exact) mass is 712 g/mol. The Labute approximate surface area is 283 Å². The van der Waals surface area contributed by atoms with Gasteiger partial charge in [0.05, 0.1) is 31.9 Å². The topological polar surface area (TPSA) is 70.3 Å². The average molecular weight is 714 g/mol. The Hall–Kier alpha value is -2.57. The van der Waals surface area contributed by atoms with Gasteiger partial charge >= 0.3 is 0 Å². The number of hydrogen-bond donors (Lipinski definition) is 2. The highest BCUT2D eigenvalue weighted by Gasteiger charge is 2.52.